The standard InChI is InChI=1S/C15H18N2O3S2/c1-3-4-5-11(14(19)20)17-13(18)12(22-15(17)21)8-10-6-7-16(2)9-10/h6-9,11H,3-5H2,1-2H3,(H,19,20)/b12-8+/t11-/m0/s1. The van der Waals surface area contributed by atoms with Crippen molar-refractivity contribution in [2.24, 2.45) is 7.05 Å². The molecule has 2 heterocycles. The second kappa shape index (κ2) is 7.11. The molecule has 7 heteroatoms. The van der Waals surface area contributed by atoms with Crippen molar-refractivity contribution in [3.05, 3.63) is 28.9 Å². The maximum Gasteiger partial charge on any atom is 0.326 e. The minimum absolute atomic E-state index is 0.315. The number of carbonyl (C=O) groups excluding carboxylic acids is 1. The second-order valence-corrected chi connectivity index (χ2v) is 6.83. The van der Waals surface area contributed by atoms with Crippen LogP contribution in [0.25, 0.3) is 6.08 Å². The maximum atomic E-state index is 12.5. The molecule has 2 rings (SSSR count). The predicted octanol–water partition coefficient (Wildman–Crippen LogP) is 2.87. The lowest BCUT2D eigenvalue weighted by molar-refractivity contribution is -0.145. The molecule has 1 aliphatic rings. The second-order valence-electron chi connectivity index (χ2n) is 5.16. The van der Waals surface area contributed by atoms with Crippen LogP contribution in [0.5, 0.6) is 0 Å². The molecule has 118 valence electrons. The molecule has 0 radical (unpaired) electrons. The first kappa shape index (κ1) is 16.8. The van der Waals surface area contributed by atoms with E-state index in [1.165, 1.54) is 4.90 Å². The van der Waals surface area contributed by atoms with E-state index >= 15 is 0 Å². The van der Waals surface area contributed by atoms with Crippen LogP contribution in [0.4, 0.5) is 0 Å². The molecule has 1 aromatic heterocycles. The Kier molecular flexibility index (Phi) is 5.42. The molecule has 0 bridgehead atoms. The van der Waals surface area contributed by atoms with Gasteiger partial charge in [-0.15, -0.1) is 0 Å². The Bertz CT molecular complexity index is 636. The molecular weight excluding hydrogens is 320 g/mol. The van der Waals surface area contributed by atoms with Crippen LogP contribution in [0.3, 0.4) is 0 Å². The van der Waals surface area contributed by atoms with E-state index in [9.17, 15) is 14.7 Å². The van der Waals surface area contributed by atoms with Crippen LogP contribution >= 0.6 is 24.0 Å². The van der Waals surface area contributed by atoms with E-state index in [2.05, 4.69) is 0 Å². The van der Waals surface area contributed by atoms with Crippen LogP contribution in [0.1, 0.15) is 31.7 Å². The van der Waals surface area contributed by atoms with Gasteiger partial charge in [-0.25, -0.2) is 4.79 Å². The molecule has 5 nitrogen and oxygen atoms in total. The number of amides is 1. The SMILES string of the molecule is CCCC[C@@H](C(=O)O)N1C(=O)/C(=C\c2ccn(C)c2)SC1=S. The first-order valence-corrected chi connectivity index (χ1v) is 8.28. The summed E-state index contributed by atoms with van der Waals surface area (Å²) in [4.78, 5) is 25.7. The lowest BCUT2D eigenvalue weighted by Gasteiger charge is -2.22. The minimum atomic E-state index is -1.01. The van der Waals surface area contributed by atoms with E-state index < -0.39 is 12.0 Å². The normalized spacial score (nSPS) is 18.3. The Morgan fingerprint density at radius 1 is 1.55 bits per heavy atom. The summed E-state index contributed by atoms with van der Waals surface area (Å²) in [6, 6.07) is 1.01. The molecule has 0 aliphatic carbocycles. The van der Waals surface area contributed by atoms with Crippen LogP contribution in [0.2, 0.25) is 0 Å². The van der Waals surface area contributed by atoms with Gasteiger partial charge in [-0.05, 0) is 24.1 Å². The van der Waals surface area contributed by atoms with Gasteiger partial charge >= 0.3 is 5.97 Å². The van der Waals surface area contributed by atoms with Gasteiger partial charge in [0.1, 0.15) is 10.4 Å². The Morgan fingerprint density at radius 2 is 2.27 bits per heavy atom. The third-order valence-electron chi connectivity index (χ3n) is 3.40. The monoisotopic (exact) mass is 338 g/mol. The number of unbranched alkanes of at least 4 members (excludes halogenated alkanes) is 1. The van der Waals surface area contributed by atoms with Crippen molar-refractivity contribution < 1.29 is 14.7 Å². The highest BCUT2D eigenvalue weighted by Gasteiger charge is 2.40. The van der Waals surface area contributed by atoms with Gasteiger partial charge in [-0.1, -0.05) is 43.7 Å². The van der Waals surface area contributed by atoms with Crippen molar-refractivity contribution in [1.82, 2.24) is 9.47 Å². The van der Waals surface area contributed by atoms with E-state index in [4.69, 9.17) is 12.2 Å². The van der Waals surface area contributed by atoms with E-state index in [-0.39, 0.29) is 5.91 Å². The number of aliphatic carboxylic acids is 1. The number of carbonyl (C=O) groups is 2. The number of hydrogen-bond donors (Lipinski definition) is 1. The van der Waals surface area contributed by atoms with Crippen molar-refractivity contribution in [1.29, 1.82) is 0 Å². The zero-order valence-electron chi connectivity index (χ0n) is 12.5. The number of aryl methyl sites for hydroxylation is 1. The quantitative estimate of drug-likeness (QED) is 0.638. The molecule has 1 aliphatic heterocycles. The highest BCUT2D eigenvalue weighted by molar-refractivity contribution is 8.26. The van der Waals surface area contributed by atoms with Crippen LogP contribution in [-0.2, 0) is 16.6 Å². The number of carboxylic acids is 1. The van der Waals surface area contributed by atoms with Crippen molar-refractivity contribution in [3.8, 4) is 0 Å². The van der Waals surface area contributed by atoms with Gasteiger partial charge in [0.15, 0.2) is 0 Å². The summed E-state index contributed by atoms with van der Waals surface area (Å²) in [5.41, 5.74) is 0.892. The average Bonchev–Trinajstić information content (AvgIpc) is 2.97. The Hall–Kier alpha value is -1.60. The average molecular weight is 338 g/mol. The molecule has 22 heavy (non-hydrogen) atoms. The van der Waals surface area contributed by atoms with Crippen molar-refractivity contribution in [2.45, 2.75) is 32.2 Å². The van der Waals surface area contributed by atoms with Crippen LogP contribution in [0, 0.1) is 0 Å². The summed E-state index contributed by atoms with van der Waals surface area (Å²) in [6.45, 7) is 1.98. The molecule has 1 saturated heterocycles. The van der Waals surface area contributed by atoms with Crippen LogP contribution < -0.4 is 0 Å². The minimum Gasteiger partial charge on any atom is -0.480 e. The van der Waals surface area contributed by atoms with E-state index in [0.717, 1.165) is 30.2 Å². The molecule has 1 fully saturated rings. The first-order valence-electron chi connectivity index (χ1n) is 7.06. The Labute approximate surface area is 139 Å². The van der Waals surface area contributed by atoms with E-state index in [0.29, 0.717) is 15.6 Å². The maximum absolute atomic E-state index is 12.5. The fourth-order valence-electron chi connectivity index (χ4n) is 2.27. The third kappa shape index (κ3) is 3.59. The molecule has 0 aromatic carbocycles. The Morgan fingerprint density at radius 3 is 2.82 bits per heavy atom. The zero-order chi connectivity index (χ0) is 16.3. The first-order chi connectivity index (χ1) is 10.4. The summed E-state index contributed by atoms with van der Waals surface area (Å²) in [5.74, 6) is -1.33. The zero-order valence-corrected chi connectivity index (χ0v) is 14.1. The summed E-state index contributed by atoms with van der Waals surface area (Å²) >= 11 is 6.38. The molecule has 0 saturated carbocycles. The predicted molar refractivity (Wildman–Crippen MR) is 91.4 cm³/mol. The summed E-state index contributed by atoms with van der Waals surface area (Å²) in [5, 5.41) is 9.39. The molecule has 0 spiro atoms. The number of rotatable bonds is 6. The molecule has 1 N–H and O–H groups in total. The number of hydrogen-bond acceptors (Lipinski definition) is 4. The van der Waals surface area contributed by atoms with Gasteiger partial charge in [-0.3, -0.25) is 9.69 Å². The Balaban J connectivity index is 2.23. The van der Waals surface area contributed by atoms with Gasteiger partial charge in [0.2, 0.25) is 0 Å². The lowest BCUT2D eigenvalue weighted by atomic mass is 10.1. The van der Waals surface area contributed by atoms with Crippen molar-refractivity contribution >= 4 is 46.3 Å². The smallest absolute Gasteiger partial charge is 0.326 e. The highest BCUT2D eigenvalue weighted by atomic mass is 32.2. The number of carboxylic acid groups (broad SMARTS) is 1. The summed E-state index contributed by atoms with van der Waals surface area (Å²) in [7, 11) is 1.90. The fourth-order valence-corrected chi connectivity index (χ4v) is 3.63. The van der Waals surface area contributed by atoms with Crippen molar-refractivity contribution in [2.75, 3.05) is 0 Å². The summed E-state index contributed by atoms with van der Waals surface area (Å²) < 4.78 is 2.20. The van der Waals surface area contributed by atoms with Crippen molar-refractivity contribution in [3.63, 3.8) is 0 Å². The van der Waals surface area contributed by atoms with Crippen LogP contribution in [-0.4, -0.2) is 36.8 Å². The fraction of sp³-hybridized carbons (Fsp3) is 0.400. The van der Waals surface area contributed by atoms with E-state index in [1.807, 2.05) is 37.0 Å². The lowest BCUT2D eigenvalue weighted by Crippen LogP contribution is -2.43. The van der Waals surface area contributed by atoms with Gasteiger partial charge in [0.25, 0.3) is 5.91 Å². The van der Waals surface area contributed by atoms with Gasteiger partial charge in [0.05, 0.1) is 4.91 Å². The molecule has 1 aromatic rings. The molecule has 0 unspecified atom stereocenters. The molecule has 1 atom stereocenters. The highest BCUT2D eigenvalue weighted by Crippen LogP contribution is 2.35. The number of aromatic nitrogens is 1. The largest absolute Gasteiger partial charge is 0.480 e. The number of thiocarbonyl (C=S) groups is 1. The van der Waals surface area contributed by atoms with Crippen LogP contribution in [0.15, 0.2) is 23.4 Å². The van der Waals surface area contributed by atoms with Gasteiger partial charge in [0, 0.05) is 19.4 Å². The van der Waals surface area contributed by atoms with Gasteiger partial charge < -0.3 is 9.67 Å². The topological polar surface area (TPSA) is 62.5 Å². The molecule has 1 amide bonds. The number of nitrogens with zero attached hydrogens (tertiary/aromatic N) is 2. The van der Waals surface area contributed by atoms with E-state index in [1.54, 1.807) is 6.08 Å². The summed E-state index contributed by atoms with van der Waals surface area (Å²) in [6.07, 6.45) is 7.55. The molecular formula is C15H18N2O3S2. The van der Waals surface area contributed by atoms with Gasteiger partial charge in [-0.2, -0.15) is 0 Å². The third-order valence-corrected chi connectivity index (χ3v) is 4.73. The number of thioether (sulfide) groups is 1.